The van der Waals surface area contributed by atoms with E-state index in [0.717, 1.165) is 9.78 Å². The third-order valence-corrected chi connectivity index (χ3v) is 4.99. The molecule has 0 saturated carbocycles. The van der Waals surface area contributed by atoms with Crippen molar-refractivity contribution in [3.05, 3.63) is 57.8 Å². The molecular formula is C18H16N2O5S. The maximum Gasteiger partial charge on any atom is 0.307 e. The van der Waals surface area contributed by atoms with Crippen LogP contribution in [-0.4, -0.2) is 42.2 Å². The summed E-state index contributed by atoms with van der Waals surface area (Å²) in [6.45, 7) is -0.407. The Morgan fingerprint density at radius 1 is 1.12 bits per heavy atom. The van der Waals surface area contributed by atoms with Gasteiger partial charge < -0.3 is 10.1 Å². The van der Waals surface area contributed by atoms with Crippen LogP contribution in [-0.2, 0) is 14.3 Å². The van der Waals surface area contributed by atoms with E-state index in [4.69, 9.17) is 0 Å². The van der Waals surface area contributed by atoms with Crippen LogP contribution in [0.5, 0.6) is 0 Å². The lowest BCUT2D eigenvalue weighted by Crippen LogP contribution is -2.41. The third kappa shape index (κ3) is 3.50. The quantitative estimate of drug-likeness (QED) is 0.616. The highest BCUT2D eigenvalue weighted by Crippen LogP contribution is 2.24. The minimum Gasteiger partial charge on any atom is -0.469 e. The fourth-order valence-electron chi connectivity index (χ4n) is 2.73. The van der Waals surface area contributed by atoms with Crippen LogP contribution in [0.25, 0.3) is 0 Å². The van der Waals surface area contributed by atoms with Crippen LogP contribution in [0.15, 0.2) is 41.8 Å². The van der Waals surface area contributed by atoms with E-state index in [2.05, 4.69) is 10.1 Å². The number of nitrogens with one attached hydrogen (secondary N) is 1. The molecule has 0 fully saturated rings. The first-order chi connectivity index (χ1) is 12.5. The highest BCUT2D eigenvalue weighted by molar-refractivity contribution is 7.10. The summed E-state index contributed by atoms with van der Waals surface area (Å²) >= 11 is 1.39. The van der Waals surface area contributed by atoms with Crippen molar-refractivity contribution in [2.45, 2.75) is 12.5 Å². The number of hydrogen-bond acceptors (Lipinski definition) is 6. The first kappa shape index (κ1) is 17.8. The van der Waals surface area contributed by atoms with Gasteiger partial charge in [0.15, 0.2) is 0 Å². The van der Waals surface area contributed by atoms with Crippen molar-refractivity contribution in [1.29, 1.82) is 0 Å². The molecule has 2 aromatic rings. The Morgan fingerprint density at radius 3 is 2.31 bits per heavy atom. The van der Waals surface area contributed by atoms with Gasteiger partial charge in [0.1, 0.15) is 6.54 Å². The lowest BCUT2D eigenvalue weighted by atomic mass is 10.1. The van der Waals surface area contributed by atoms with E-state index in [1.165, 1.54) is 18.4 Å². The molecule has 0 aliphatic carbocycles. The monoisotopic (exact) mass is 372 g/mol. The number of methoxy groups -OCH3 is 1. The highest BCUT2D eigenvalue weighted by Gasteiger charge is 2.36. The molecule has 3 amide bonds. The van der Waals surface area contributed by atoms with Gasteiger partial charge in [-0.15, -0.1) is 11.3 Å². The fraction of sp³-hybridized carbons (Fsp3) is 0.222. The molecule has 2 heterocycles. The minimum absolute atomic E-state index is 0.0368. The molecule has 7 nitrogen and oxygen atoms in total. The minimum atomic E-state index is -0.579. The van der Waals surface area contributed by atoms with Gasteiger partial charge in [-0.3, -0.25) is 24.1 Å². The van der Waals surface area contributed by atoms with Gasteiger partial charge in [0.25, 0.3) is 11.8 Å². The van der Waals surface area contributed by atoms with Crippen LogP contribution in [0, 0.1) is 0 Å². The summed E-state index contributed by atoms with van der Waals surface area (Å²) in [6.07, 6.45) is -0.0368. The lowest BCUT2D eigenvalue weighted by Gasteiger charge is -2.19. The topological polar surface area (TPSA) is 92.8 Å². The summed E-state index contributed by atoms with van der Waals surface area (Å²) in [7, 11) is 1.27. The standard InChI is InChI=1S/C18H16N2O5S/c1-25-16(22)9-13(14-7-4-8-26-14)19-15(21)10-20-17(23)11-5-2-3-6-12(11)18(20)24/h2-8,13H,9-10H2,1H3,(H,19,21). The molecule has 1 aliphatic rings. The molecule has 1 unspecified atom stereocenters. The molecule has 134 valence electrons. The van der Waals surface area contributed by atoms with E-state index >= 15 is 0 Å². The number of rotatable bonds is 6. The molecule has 1 atom stereocenters. The molecular weight excluding hydrogens is 356 g/mol. The Hall–Kier alpha value is -3.00. The Labute approximate surface area is 153 Å². The molecule has 1 N–H and O–H groups in total. The second-order valence-electron chi connectivity index (χ2n) is 5.66. The van der Waals surface area contributed by atoms with Crippen LogP contribution >= 0.6 is 11.3 Å². The van der Waals surface area contributed by atoms with Crippen molar-refractivity contribution in [3.63, 3.8) is 0 Å². The van der Waals surface area contributed by atoms with E-state index in [0.29, 0.717) is 0 Å². The second-order valence-corrected chi connectivity index (χ2v) is 6.64. The second kappa shape index (κ2) is 7.49. The average Bonchev–Trinajstić information content (AvgIpc) is 3.25. The van der Waals surface area contributed by atoms with Gasteiger partial charge in [0.2, 0.25) is 5.91 Å². The fourth-order valence-corrected chi connectivity index (χ4v) is 3.51. The molecule has 1 aliphatic heterocycles. The number of carbonyl (C=O) groups excluding carboxylic acids is 4. The third-order valence-electron chi connectivity index (χ3n) is 4.00. The van der Waals surface area contributed by atoms with Gasteiger partial charge in [-0.2, -0.15) is 0 Å². The lowest BCUT2D eigenvalue weighted by molar-refractivity contribution is -0.141. The van der Waals surface area contributed by atoms with Crippen molar-refractivity contribution in [2.24, 2.45) is 0 Å². The van der Waals surface area contributed by atoms with Crippen LogP contribution in [0.2, 0.25) is 0 Å². The first-order valence-electron chi connectivity index (χ1n) is 7.86. The number of hydrogen-bond donors (Lipinski definition) is 1. The van der Waals surface area contributed by atoms with Crippen molar-refractivity contribution in [2.75, 3.05) is 13.7 Å². The average molecular weight is 372 g/mol. The summed E-state index contributed by atoms with van der Waals surface area (Å²) in [6, 6.07) is 9.46. The van der Waals surface area contributed by atoms with E-state index in [1.54, 1.807) is 36.4 Å². The normalized spacial score (nSPS) is 14.1. The molecule has 3 rings (SSSR count). The van der Waals surface area contributed by atoms with Crippen LogP contribution in [0.4, 0.5) is 0 Å². The van der Waals surface area contributed by atoms with E-state index in [1.807, 2.05) is 5.38 Å². The number of thiophene rings is 1. The van der Waals surface area contributed by atoms with Crippen LogP contribution in [0.3, 0.4) is 0 Å². The number of amides is 3. The van der Waals surface area contributed by atoms with Gasteiger partial charge in [-0.1, -0.05) is 18.2 Å². The largest absolute Gasteiger partial charge is 0.469 e. The van der Waals surface area contributed by atoms with Crippen molar-refractivity contribution >= 4 is 35.0 Å². The molecule has 0 bridgehead atoms. The number of fused-ring (bicyclic) bond motifs is 1. The number of nitrogens with zero attached hydrogens (tertiary/aromatic N) is 1. The zero-order valence-electron chi connectivity index (χ0n) is 13.9. The van der Waals surface area contributed by atoms with Crippen LogP contribution < -0.4 is 5.32 Å². The van der Waals surface area contributed by atoms with Gasteiger partial charge in [0, 0.05) is 4.88 Å². The molecule has 0 spiro atoms. The number of esters is 1. The predicted octanol–water partition coefficient (Wildman–Crippen LogP) is 1.76. The summed E-state index contributed by atoms with van der Waals surface area (Å²) in [5.74, 6) is -1.99. The molecule has 8 heteroatoms. The van der Waals surface area contributed by atoms with Gasteiger partial charge in [0.05, 0.1) is 30.7 Å². The molecule has 0 radical (unpaired) electrons. The van der Waals surface area contributed by atoms with Gasteiger partial charge in [-0.05, 0) is 23.6 Å². The summed E-state index contributed by atoms with van der Waals surface area (Å²) in [5, 5.41) is 4.53. The zero-order valence-corrected chi connectivity index (χ0v) is 14.7. The Morgan fingerprint density at radius 2 is 1.77 bits per heavy atom. The van der Waals surface area contributed by atoms with Crippen molar-refractivity contribution < 1.29 is 23.9 Å². The SMILES string of the molecule is COC(=O)CC(NC(=O)CN1C(=O)c2ccccc2C1=O)c1cccs1. The maximum absolute atomic E-state index is 12.4. The van der Waals surface area contributed by atoms with E-state index < -0.39 is 36.3 Å². The number of benzene rings is 1. The Balaban J connectivity index is 1.70. The van der Waals surface area contributed by atoms with Crippen LogP contribution in [0.1, 0.15) is 38.1 Å². The van der Waals surface area contributed by atoms with E-state index in [-0.39, 0.29) is 17.5 Å². The summed E-state index contributed by atoms with van der Waals surface area (Å²) in [5.41, 5.74) is 0.573. The van der Waals surface area contributed by atoms with Crippen molar-refractivity contribution in [1.82, 2.24) is 10.2 Å². The molecule has 0 saturated heterocycles. The first-order valence-corrected chi connectivity index (χ1v) is 8.74. The molecule has 1 aromatic carbocycles. The van der Waals surface area contributed by atoms with E-state index in [9.17, 15) is 19.2 Å². The highest BCUT2D eigenvalue weighted by atomic mass is 32.1. The molecule has 26 heavy (non-hydrogen) atoms. The molecule has 1 aromatic heterocycles. The smallest absolute Gasteiger partial charge is 0.307 e. The predicted molar refractivity (Wildman–Crippen MR) is 93.6 cm³/mol. The van der Waals surface area contributed by atoms with Crippen molar-refractivity contribution in [3.8, 4) is 0 Å². The zero-order chi connectivity index (χ0) is 18.7. The summed E-state index contributed by atoms with van der Waals surface area (Å²) < 4.78 is 4.67. The summed E-state index contributed by atoms with van der Waals surface area (Å²) in [4.78, 5) is 50.4. The Bertz CT molecular complexity index is 827. The van der Waals surface area contributed by atoms with Gasteiger partial charge >= 0.3 is 5.97 Å². The number of ether oxygens (including phenoxy) is 1. The van der Waals surface area contributed by atoms with Gasteiger partial charge in [-0.25, -0.2) is 0 Å². The Kier molecular flexibility index (Phi) is 5.13. The number of imide groups is 1. The number of carbonyl (C=O) groups is 4. The maximum atomic E-state index is 12.4.